The van der Waals surface area contributed by atoms with Crippen LogP contribution in [0.25, 0.3) is 0 Å². The highest BCUT2D eigenvalue weighted by atomic mass is 32.2. The zero-order valence-electron chi connectivity index (χ0n) is 11.4. The molecule has 1 heterocycles. The number of benzene rings is 1. The third-order valence-corrected chi connectivity index (χ3v) is 5.16. The lowest BCUT2D eigenvalue weighted by atomic mass is 10.2. The van der Waals surface area contributed by atoms with Crippen molar-refractivity contribution in [3.05, 3.63) is 40.1 Å². The van der Waals surface area contributed by atoms with Gasteiger partial charge in [0.2, 0.25) is 0 Å². The van der Waals surface area contributed by atoms with E-state index in [9.17, 15) is 18.3 Å². The summed E-state index contributed by atoms with van der Waals surface area (Å²) in [5.74, 6) is -0.509. The van der Waals surface area contributed by atoms with Gasteiger partial charge in [0.25, 0.3) is 15.9 Å². The summed E-state index contributed by atoms with van der Waals surface area (Å²) in [6, 6.07) is 5.90. The number of thiophene rings is 1. The Morgan fingerprint density at radius 1 is 1.29 bits per heavy atom. The second-order valence-corrected chi connectivity index (χ2v) is 6.95. The van der Waals surface area contributed by atoms with E-state index in [0.717, 1.165) is 16.9 Å². The molecule has 0 spiro atoms. The molecule has 1 amide bonds. The molecule has 0 saturated carbocycles. The van der Waals surface area contributed by atoms with Crippen LogP contribution in [0.2, 0.25) is 0 Å². The lowest BCUT2D eigenvalue weighted by molar-refractivity contribution is 0.0967. The van der Waals surface area contributed by atoms with Crippen LogP contribution in [0.3, 0.4) is 0 Å². The highest BCUT2D eigenvalue weighted by molar-refractivity contribution is 7.92. The first-order valence-corrected chi connectivity index (χ1v) is 8.33. The number of aryl methyl sites for hydroxylation is 1. The van der Waals surface area contributed by atoms with Crippen molar-refractivity contribution < 1.29 is 18.3 Å². The smallest absolute Gasteiger partial charge is 0.262 e. The number of carbonyl (C=O) groups excluding carboxylic acids is 1. The van der Waals surface area contributed by atoms with Gasteiger partial charge >= 0.3 is 0 Å². The molecule has 2 rings (SSSR count). The summed E-state index contributed by atoms with van der Waals surface area (Å²) in [7, 11) is -2.38. The molecular weight excluding hydrogens is 312 g/mol. The molecule has 0 unspecified atom stereocenters. The number of hydrogen-bond donors (Lipinski definition) is 3. The van der Waals surface area contributed by atoms with Crippen LogP contribution in [-0.2, 0) is 10.0 Å². The van der Waals surface area contributed by atoms with Crippen LogP contribution in [0, 0.1) is 6.92 Å². The fraction of sp³-hybridized carbons (Fsp3) is 0.154. The Kier molecular flexibility index (Phi) is 4.19. The summed E-state index contributed by atoms with van der Waals surface area (Å²) in [5.41, 5.74) is 0.907. The molecule has 0 bridgehead atoms. The van der Waals surface area contributed by atoms with E-state index in [-0.39, 0.29) is 22.2 Å². The Balaban J connectivity index is 2.32. The van der Waals surface area contributed by atoms with E-state index in [1.54, 1.807) is 13.0 Å². The quantitative estimate of drug-likeness (QED) is 0.748. The maximum atomic E-state index is 12.2. The summed E-state index contributed by atoms with van der Waals surface area (Å²) in [6.45, 7) is 1.78. The van der Waals surface area contributed by atoms with E-state index < -0.39 is 10.0 Å². The van der Waals surface area contributed by atoms with Gasteiger partial charge in [-0.2, -0.15) is 0 Å². The summed E-state index contributed by atoms with van der Waals surface area (Å²) < 4.78 is 26.8. The molecule has 112 valence electrons. The van der Waals surface area contributed by atoms with E-state index >= 15 is 0 Å². The normalized spacial score (nSPS) is 11.1. The minimum atomic E-state index is -3.85. The first-order valence-electron chi connectivity index (χ1n) is 5.96. The topological polar surface area (TPSA) is 95.5 Å². The monoisotopic (exact) mass is 326 g/mol. The molecule has 0 saturated heterocycles. The second kappa shape index (κ2) is 5.74. The molecule has 0 atom stereocenters. The van der Waals surface area contributed by atoms with Gasteiger partial charge in [-0.3, -0.25) is 9.52 Å². The van der Waals surface area contributed by atoms with Crippen LogP contribution in [-0.4, -0.2) is 26.5 Å². The van der Waals surface area contributed by atoms with Crippen molar-refractivity contribution in [1.82, 2.24) is 5.32 Å². The van der Waals surface area contributed by atoms with Crippen LogP contribution in [0.4, 0.5) is 5.69 Å². The minimum Gasteiger partial charge on any atom is -0.506 e. The SMILES string of the molecule is CNC(=O)c1cc(S(=O)(=O)Nc2cc(C)ccc2O)cs1. The highest BCUT2D eigenvalue weighted by Gasteiger charge is 2.19. The van der Waals surface area contributed by atoms with Crippen LogP contribution >= 0.6 is 11.3 Å². The fourth-order valence-electron chi connectivity index (χ4n) is 1.64. The number of sulfonamides is 1. The maximum Gasteiger partial charge on any atom is 0.262 e. The predicted octanol–water partition coefficient (Wildman–Crippen LogP) is 1.92. The molecule has 3 N–H and O–H groups in total. The molecule has 0 radical (unpaired) electrons. The van der Waals surface area contributed by atoms with E-state index in [4.69, 9.17) is 0 Å². The van der Waals surface area contributed by atoms with Crippen LogP contribution < -0.4 is 10.0 Å². The van der Waals surface area contributed by atoms with Gasteiger partial charge in [-0.25, -0.2) is 8.42 Å². The molecule has 0 aliphatic carbocycles. The third-order valence-electron chi connectivity index (χ3n) is 2.73. The van der Waals surface area contributed by atoms with Crippen LogP contribution in [0.1, 0.15) is 15.2 Å². The van der Waals surface area contributed by atoms with Gasteiger partial charge in [0.15, 0.2) is 0 Å². The summed E-state index contributed by atoms with van der Waals surface area (Å²) in [5, 5.41) is 13.5. The van der Waals surface area contributed by atoms with Gasteiger partial charge in [-0.15, -0.1) is 11.3 Å². The number of anilines is 1. The fourth-order valence-corrected chi connectivity index (χ4v) is 3.92. The number of rotatable bonds is 4. The summed E-state index contributed by atoms with van der Waals surface area (Å²) in [4.78, 5) is 11.7. The number of aromatic hydroxyl groups is 1. The van der Waals surface area contributed by atoms with Crippen molar-refractivity contribution in [1.29, 1.82) is 0 Å². The molecule has 2 aromatic rings. The third kappa shape index (κ3) is 3.34. The highest BCUT2D eigenvalue weighted by Crippen LogP contribution is 2.28. The van der Waals surface area contributed by atoms with E-state index in [1.807, 2.05) is 0 Å². The van der Waals surface area contributed by atoms with Gasteiger partial charge in [0.05, 0.1) is 15.5 Å². The predicted molar refractivity (Wildman–Crippen MR) is 81.4 cm³/mol. The largest absolute Gasteiger partial charge is 0.506 e. The molecule has 0 aliphatic heterocycles. The molecule has 0 aliphatic rings. The van der Waals surface area contributed by atoms with Crippen molar-refractivity contribution >= 4 is 33.0 Å². The molecule has 0 fully saturated rings. The van der Waals surface area contributed by atoms with Gasteiger partial charge in [0.1, 0.15) is 5.75 Å². The van der Waals surface area contributed by atoms with Crippen molar-refractivity contribution in [3.63, 3.8) is 0 Å². The summed E-state index contributed by atoms with van der Waals surface area (Å²) in [6.07, 6.45) is 0. The molecule has 21 heavy (non-hydrogen) atoms. The Morgan fingerprint density at radius 3 is 2.67 bits per heavy atom. The van der Waals surface area contributed by atoms with Gasteiger partial charge in [-0.05, 0) is 30.7 Å². The number of amides is 1. The standard InChI is InChI=1S/C13H14N2O4S2/c1-8-3-4-11(16)10(5-8)15-21(18,19)9-6-12(20-7-9)13(17)14-2/h3-7,15-16H,1-2H3,(H,14,17). The van der Waals surface area contributed by atoms with Gasteiger partial charge < -0.3 is 10.4 Å². The Bertz CT molecular complexity index is 781. The molecular formula is C13H14N2O4S2. The number of phenolic OH excluding ortho intramolecular Hbond substituents is 1. The van der Waals surface area contributed by atoms with Crippen molar-refractivity contribution in [3.8, 4) is 5.75 Å². The number of phenols is 1. The Hall–Kier alpha value is -2.06. The lowest BCUT2D eigenvalue weighted by Gasteiger charge is -2.09. The van der Waals surface area contributed by atoms with Crippen molar-refractivity contribution in [2.75, 3.05) is 11.8 Å². The molecule has 8 heteroatoms. The van der Waals surface area contributed by atoms with E-state index in [0.29, 0.717) is 4.88 Å². The average Bonchev–Trinajstić information content (AvgIpc) is 2.92. The summed E-state index contributed by atoms with van der Waals surface area (Å²) >= 11 is 1.03. The molecule has 6 nitrogen and oxygen atoms in total. The van der Waals surface area contributed by atoms with E-state index in [1.165, 1.54) is 30.6 Å². The van der Waals surface area contributed by atoms with Gasteiger partial charge in [0, 0.05) is 12.4 Å². The van der Waals surface area contributed by atoms with Crippen LogP contribution in [0.15, 0.2) is 34.5 Å². The Labute approximate surface area is 126 Å². The first-order chi connectivity index (χ1) is 9.83. The van der Waals surface area contributed by atoms with E-state index in [2.05, 4.69) is 10.0 Å². The van der Waals surface area contributed by atoms with Crippen LogP contribution in [0.5, 0.6) is 5.75 Å². The second-order valence-electron chi connectivity index (χ2n) is 4.35. The zero-order valence-corrected chi connectivity index (χ0v) is 13.0. The molecule has 1 aromatic carbocycles. The maximum absolute atomic E-state index is 12.2. The first kappa shape index (κ1) is 15.3. The Morgan fingerprint density at radius 2 is 2.00 bits per heavy atom. The van der Waals surface area contributed by atoms with Crippen molar-refractivity contribution in [2.24, 2.45) is 0 Å². The number of nitrogens with one attached hydrogen (secondary N) is 2. The average molecular weight is 326 g/mol. The minimum absolute atomic E-state index is 0.0213. The van der Waals surface area contributed by atoms with Gasteiger partial charge in [-0.1, -0.05) is 6.07 Å². The number of hydrogen-bond acceptors (Lipinski definition) is 5. The lowest BCUT2D eigenvalue weighted by Crippen LogP contribution is -2.16. The van der Waals surface area contributed by atoms with Crippen molar-refractivity contribution in [2.45, 2.75) is 11.8 Å². The zero-order chi connectivity index (χ0) is 15.6. The number of carbonyl (C=O) groups is 1. The molecule has 1 aromatic heterocycles.